The van der Waals surface area contributed by atoms with Crippen molar-refractivity contribution in [2.24, 2.45) is 0 Å². The van der Waals surface area contributed by atoms with E-state index in [-0.39, 0.29) is 0 Å². The van der Waals surface area contributed by atoms with Crippen LogP contribution in [0.1, 0.15) is 64.2 Å². The zero-order valence-electron chi connectivity index (χ0n) is 21.0. The van der Waals surface area contributed by atoms with Gasteiger partial charge in [-0.2, -0.15) is 0 Å². The predicted octanol–water partition coefficient (Wildman–Crippen LogP) is 9.56. The fourth-order valence-corrected chi connectivity index (χ4v) is 11.2. The molecule has 0 heterocycles. The molecule has 0 nitrogen and oxygen atoms in total. The van der Waals surface area contributed by atoms with Gasteiger partial charge in [0.25, 0.3) is 0 Å². The van der Waals surface area contributed by atoms with Crippen LogP contribution >= 0.6 is 39.8 Å². The van der Waals surface area contributed by atoms with E-state index < -0.39 is 5.96 Å². The number of rotatable bonds is 16. The van der Waals surface area contributed by atoms with Gasteiger partial charge in [-0.05, 0) is 10.8 Å². The van der Waals surface area contributed by atoms with Crippen LogP contribution in [0.4, 0.5) is 0 Å². The van der Waals surface area contributed by atoms with Gasteiger partial charge in [0.1, 0.15) is 0 Å². The molecule has 188 valence electrons. The van der Waals surface area contributed by atoms with Crippen molar-refractivity contribution in [2.75, 3.05) is 10.6 Å². The van der Waals surface area contributed by atoms with Gasteiger partial charge in [-0.3, -0.25) is 0 Å². The molecule has 0 spiro atoms. The normalized spacial score (nSPS) is 13.0. The van der Waals surface area contributed by atoms with Gasteiger partial charge in [0.05, 0.1) is 0 Å². The van der Waals surface area contributed by atoms with Gasteiger partial charge in [0.15, 0.2) is 0 Å². The van der Waals surface area contributed by atoms with Crippen molar-refractivity contribution >= 4 is 55.7 Å². The third-order valence-corrected chi connectivity index (χ3v) is 15.0. The Bertz CT molecular complexity index is 888. The van der Waals surface area contributed by atoms with Crippen molar-refractivity contribution in [2.45, 2.75) is 64.2 Å². The Kier molecular flexibility index (Phi) is 12.3. The molecule has 3 rings (SSSR count). The molecule has 0 bridgehead atoms. The molecule has 0 aromatic heterocycles. The average molecular weight is 619 g/mol. The van der Waals surface area contributed by atoms with Crippen molar-refractivity contribution < 1.29 is 0 Å². The van der Waals surface area contributed by atoms with Gasteiger partial charge in [0, 0.05) is 0 Å². The first kappa shape index (κ1) is 28.4. The summed E-state index contributed by atoms with van der Waals surface area (Å²) in [5.41, 5.74) is 0. The van der Waals surface area contributed by atoms with Crippen LogP contribution in [0.15, 0.2) is 103 Å². The van der Waals surface area contributed by atoms with Crippen molar-refractivity contribution in [3.05, 3.63) is 103 Å². The van der Waals surface area contributed by atoms with Gasteiger partial charge in [0.2, 0.25) is 0 Å². The summed E-state index contributed by atoms with van der Waals surface area (Å²) in [4.78, 5) is 0. The maximum absolute atomic E-state index is 8.10. The second-order valence-corrected chi connectivity index (χ2v) is 17.1. The number of alkyl halides is 1. The fraction of sp³-hybridized carbons (Fsp3) is 0.375. The molecule has 0 aliphatic heterocycles. The molecule has 0 amide bonds. The molecular weight excluding hydrogens is 578 g/mol. The minimum atomic E-state index is -3.15. The third-order valence-electron chi connectivity index (χ3n) is 7.00. The van der Waals surface area contributed by atoms with E-state index >= 15 is 0 Å². The van der Waals surface area contributed by atoms with Crippen molar-refractivity contribution in [1.29, 1.82) is 0 Å². The second-order valence-electron chi connectivity index (χ2n) is 9.50. The summed E-state index contributed by atoms with van der Waals surface area (Å²) < 4.78 is 1.31. The van der Waals surface area contributed by atoms with E-state index in [2.05, 4.69) is 126 Å². The van der Waals surface area contributed by atoms with E-state index in [1.54, 1.807) is 0 Å². The topological polar surface area (TPSA) is 0 Å². The summed E-state index contributed by atoms with van der Waals surface area (Å²) >= 11 is 10.6. The van der Waals surface area contributed by atoms with E-state index in [4.69, 9.17) is 11.2 Å². The minimum absolute atomic E-state index is 0.836. The van der Waals surface area contributed by atoms with E-state index in [1.165, 1.54) is 78.1 Å². The zero-order valence-corrected chi connectivity index (χ0v) is 24.8. The molecule has 3 aromatic rings. The SMILES string of the molecule is ClP(CC=CCCCCCCCCCCCI)(c1ccccc1)(c1ccccc1)c1ccccc1. The zero-order chi connectivity index (χ0) is 24.7. The van der Waals surface area contributed by atoms with Gasteiger partial charge >= 0.3 is 200 Å². The van der Waals surface area contributed by atoms with Crippen LogP contribution in [-0.4, -0.2) is 10.6 Å². The van der Waals surface area contributed by atoms with Crippen LogP contribution in [-0.2, 0) is 0 Å². The molecular formula is C32H41ClIP. The summed E-state index contributed by atoms with van der Waals surface area (Å²) in [5.74, 6) is -3.15. The molecule has 3 aromatic carbocycles. The number of unbranched alkanes of at least 4 members (excludes halogenated alkanes) is 9. The Hall–Kier alpha value is -1.15. The summed E-state index contributed by atoms with van der Waals surface area (Å²) in [7, 11) is 0. The van der Waals surface area contributed by atoms with Gasteiger partial charge in [-0.1, -0.05) is 22.6 Å². The van der Waals surface area contributed by atoms with Crippen LogP contribution in [0.5, 0.6) is 0 Å². The Morgan fingerprint density at radius 3 is 1.29 bits per heavy atom. The molecule has 3 heteroatoms. The van der Waals surface area contributed by atoms with Crippen LogP contribution < -0.4 is 15.9 Å². The van der Waals surface area contributed by atoms with E-state index in [9.17, 15) is 0 Å². The Labute approximate surface area is 232 Å². The number of hydrogen-bond acceptors (Lipinski definition) is 0. The number of benzene rings is 3. The van der Waals surface area contributed by atoms with Crippen LogP contribution in [0.2, 0.25) is 0 Å². The van der Waals surface area contributed by atoms with E-state index in [0.717, 1.165) is 12.6 Å². The molecule has 0 atom stereocenters. The summed E-state index contributed by atoms with van der Waals surface area (Å²) in [5, 5.41) is 3.71. The van der Waals surface area contributed by atoms with Gasteiger partial charge in [-0.25, -0.2) is 0 Å². The average Bonchev–Trinajstić information content (AvgIpc) is 2.93. The van der Waals surface area contributed by atoms with Gasteiger partial charge < -0.3 is 0 Å². The van der Waals surface area contributed by atoms with Crippen molar-refractivity contribution in [3.63, 3.8) is 0 Å². The third kappa shape index (κ3) is 7.67. The molecule has 0 aliphatic rings. The quantitative estimate of drug-likeness (QED) is 0.0493. The summed E-state index contributed by atoms with van der Waals surface area (Å²) in [6.07, 6.45) is 19.1. The number of halogens is 2. The molecule has 0 radical (unpaired) electrons. The molecule has 35 heavy (non-hydrogen) atoms. The summed E-state index contributed by atoms with van der Waals surface area (Å²) in [6, 6.07) is 32.3. The monoisotopic (exact) mass is 618 g/mol. The Balaban J connectivity index is 1.67. The van der Waals surface area contributed by atoms with Gasteiger partial charge in [-0.15, -0.1) is 0 Å². The van der Waals surface area contributed by atoms with Crippen LogP contribution in [0, 0.1) is 0 Å². The van der Waals surface area contributed by atoms with Crippen molar-refractivity contribution in [3.8, 4) is 0 Å². The first-order chi connectivity index (χ1) is 17.2. The van der Waals surface area contributed by atoms with Crippen LogP contribution in [0.25, 0.3) is 0 Å². The van der Waals surface area contributed by atoms with E-state index in [1.807, 2.05) is 0 Å². The first-order valence-corrected chi connectivity index (χ1v) is 18.2. The van der Waals surface area contributed by atoms with E-state index in [0.29, 0.717) is 0 Å². The molecule has 0 fully saturated rings. The standard InChI is InChI=1S/C32H41ClIP/c33-35(30-22-14-11-15-23-30,31-24-16-12-17-25-31,32-26-18-13-19-27-32)29-21-10-8-6-4-2-1-3-5-7-9-20-28-34/h10-19,21-27H,1-9,20,28-29H2. The fourth-order valence-electron chi connectivity index (χ4n) is 4.96. The maximum atomic E-state index is 8.10. The molecule has 0 saturated carbocycles. The molecule has 0 N–H and O–H groups in total. The Morgan fingerprint density at radius 2 is 0.886 bits per heavy atom. The molecule has 0 saturated heterocycles. The second kappa shape index (κ2) is 15.2. The van der Waals surface area contributed by atoms with Crippen molar-refractivity contribution in [1.82, 2.24) is 0 Å². The molecule has 0 unspecified atom stereocenters. The first-order valence-electron chi connectivity index (χ1n) is 13.3. The number of allylic oxidation sites excluding steroid dienone is 2. The molecule has 0 aliphatic carbocycles. The number of hydrogen-bond donors (Lipinski definition) is 0. The predicted molar refractivity (Wildman–Crippen MR) is 170 cm³/mol. The van der Waals surface area contributed by atoms with Crippen LogP contribution in [0.3, 0.4) is 0 Å². The summed E-state index contributed by atoms with van der Waals surface area (Å²) in [6.45, 7) is 0. The Morgan fingerprint density at radius 1 is 0.514 bits per heavy atom.